The molecule has 0 amide bonds. The van der Waals surface area contributed by atoms with Crippen LogP contribution in [0.3, 0.4) is 0 Å². The number of halogens is 4. The Bertz CT molecular complexity index is 542. The van der Waals surface area contributed by atoms with Gasteiger partial charge in [-0.1, -0.05) is 34.8 Å². The minimum atomic E-state index is 0.459. The Balaban J connectivity index is 2.11. The second kappa shape index (κ2) is 5.81. The highest BCUT2D eigenvalue weighted by Gasteiger charge is 2.06. The van der Waals surface area contributed by atoms with Gasteiger partial charge < -0.3 is 5.32 Å². The third kappa shape index (κ3) is 3.52. The van der Waals surface area contributed by atoms with Crippen molar-refractivity contribution in [3.63, 3.8) is 0 Å². The van der Waals surface area contributed by atoms with Gasteiger partial charge in [-0.3, -0.25) is 0 Å². The third-order valence-electron chi connectivity index (χ3n) is 2.08. The van der Waals surface area contributed by atoms with E-state index in [1.807, 2.05) is 5.38 Å². The van der Waals surface area contributed by atoms with Gasteiger partial charge in [-0.2, -0.15) is 0 Å². The van der Waals surface area contributed by atoms with Gasteiger partial charge in [-0.15, -0.1) is 11.3 Å². The van der Waals surface area contributed by atoms with E-state index in [-0.39, 0.29) is 0 Å². The summed E-state index contributed by atoms with van der Waals surface area (Å²) in [6.45, 7) is 0.702. The molecule has 6 heteroatoms. The largest absolute Gasteiger partial charge is 0.379 e. The lowest BCUT2D eigenvalue weighted by Crippen LogP contribution is -1.98. The van der Waals surface area contributed by atoms with Gasteiger partial charge in [0, 0.05) is 21.3 Å². The first kappa shape index (κ1) is 13.5. The van der Waals surface area contributed by atoms with Crippen LogP contribution in [0.2, 0.25) is 15.1 Å². The zero-order chi connectivity index (χ0) is 12.4. The quantitative estimate of drug-likeness (QED) is 0.645. The fraction of sp³-hybridized carbons (Fsp3) is 0.0909. The smallest absolute Gasteiger partial charge is 0.0653 e. The molecule has 0 aliphatic heterocycles. The summed E-state index contributed by atoms with van der Waals surface area (Å²) in [5, 5.41) is 6.78. The highest BCUT2D eigenvalue weighted by Crippen LogP contribution is 2.32. The van der Waals surface area contributed by atoms with E-state index in [1.165, 1.54) is 4.88 Å². The maximum absolute atomic E-state index is 6.06. The molecule has 0 atom stereocenters. The van der Waals surface area contributed by atoms with Crippen molar-refractivity contribution in [1.29, 1.82) is 0 Å². The van der Waals surface area contributed by atoms with Crippen LogP contribution in [0.4, 0.5) is 5.69 Å². The van der Waals surface area contributed by atoms with Gasteiger partial charge in [0.1, 0.15) is 0 Å². The predicted octanol–water partition coefficient (Wildman–Crippen LogP) is 6.08. The molecule has 0 saturated carbocycles. The summed E-state index contributed by atoms with van der Waals surface area (Å²) in [5.74, 6) is 0. The molecule has 1 N–H and O–H groups in total. The summed E-state index contributed by atoms with van der Waals surface area (Å²) in [6, 6.07) is 5.43. The van der Waals surface area contributed by atoms with E-state index in [2.05, 4.69) is 27.3 Å². The van der Waals surface area contributed by atoms with E-state index in [4.69, 9.17) is 34.8 Å². The molecule has 17 heavy (non-hydrogen) atoms. The van der Waals surface area contributed by atoms with Crippen molar-refractivity contribution < 1.29 is 0 Å². The van der Waals surface area contributed by atoms with Crippen molar-refractivity contribution in [2.24, 2.45) is 0 Å². The zero-order valence-corrected chi connectivity index (χ0v) is 13.1. The minimum Gasteiger partial charge on any atom is -0.379 e. The Morgan fingerprint density at radius 2 is 1.76 bits per heavy atom. The predicted molar refractivity (Wildman–Crippen MR) is 80.8 cm³/mol. The molecule has 1 aromatic heterocycles. The normalized spacial score (nSPS) is 10.6. The summed E-state index contributed by atoms with van der Waals surface area (Å²) < 4.78 is 1.08. The number of anilines is 1. The number of hydrogen-bond acceptors (Lipinski definition) is 2. The lowest BCUT2D eigenvalue weighted by molar-refractivity contribution is 1.19. The van der Waals surface area contributed by atoms with E-state index in [9.17, 15) is 0 Å². The molecule has 90 valence electrons. The van der Waals surface area contributed by atoms with E-state index >= 15 is 0 Å². The lowest BCUT2D eigenvalue weighted by Gasteiger charge is -2.08. The van der Waals surface area contributed by atoms with E-state index in [0.29, 0.717) is 21.6 Å². The van der Waals surface area contributed by atoms with Crippen molar-refractivity contribution >= 4 is 67.8 Å². The summed E-state index contributed by atoms with van der Waals surface area (Å²) in [5.41, 5.74) is 0.783. The molecule has 1 nitrogen and oxygen atoms in total. The van der Waals surface area contributed by atoms with Crippen LogP contribution in [0.5, 0.6) is 0 Å². The average molecular weight is 372 g/mol. The van der Waals surface area contributed by atoms with E-state index in [1.54, 1.807) is 23.5 Å². The fourth-order valence-corrected chi connectivity index (χ4v) is 3.29. The summed E-state index contributed by atoms with van der Waals surface area (Å²) >= 11 is 22.9. The first-order valence-corrected chi connectivity index (χ1v) is 7.48. The standard InChI is InChI=1S/C11H7BrCl3NS/c12-6-1-7(17-5-6)4-16-11-3-9(14)8(13)2-10(11)15/h1-3,5,16H,4H2. The lowest BCUT2D eigenvalue weighted by atomic mass is 10.3. The molecule has 2 rings (SSSR count). The Kier molecular flexibility index (Phi) is 4.61. The van der Waals surface area contributed by atoms with Gasteiger partial charge >= 0.3 is 0 Å². The number of hydrogen-bond donors (Lipinski definition) is 1. The molecule has 2 aromatic rings. The Hall–Kier alpha value is 0.0700. The number of thiophene rings is 1. The maximum atomic E-state index is 6.06. The molecular weight excluding hydrogens is 364 g/mol. The van der Waals surface area contributed by atoms with Crippen LogP contribution >= 0.6 is 62.1 Å². The Morgan fingerprint density at radius 1 is 1.06 bits per heavy atom. The van der Waals surface area contributed by atoms with Crippen LogP contribution in [-0.2, 0) is 6.54 Å². The van der Waals surface area contributed by atoms with Crippen LogP contribution in [0.15, 0.2) is 28.1 Å². The highest BCUT2D eigenvalue weighted by molar-refractivity contribution is 9.10. The van der Waals surface area contributed by atoms with Crippen LogP contribution in [-0.4, -0.2) is 0 Å². The SMILES string of the molecule is Clc1cc(Cl)c(NCc2cc(Br)cs2)cc1Cl. The summed E-state index contributed by atoms with van der Waals surface area (Å²) in [4.78, 5) is 1.21. The maximum Gasteiger partial charge on any atom is 0.0653 e. The van der Waals surface area contributed by atoms with Crippen molar-refractivity contribution in [2.45, 2.75) is 6.54 Å². The molecule has 0 spiro atoms. The molecule has 0 aliphatic carbocycles. The number of nitrogens with one attached hydrogen (secondary N) is 1. The molecule has 1 aromatic carbocycles. The second-order valence-corrected chi connectivity index (χ2v) is 6.46. The first-order valence-electron chi connectivity index (χ1n) is 4.67. The van der Waals surface area contributed by atoms with Crippen molar-refractivity contribution in [3.8, 4) is 0 Å². The molecular formula is C11H7BrCl3NS. The third-order valence-corrected chi connectivity index (χ3v) is 4.82. The second-order valence-electron chi connectivity index (χ2n) is 3.33. The van der Waals surface area contributed by atoms with Gasteiger partial charge in [-0.25, -0.2) is 0 Å². The van der Waals surface area contributed by atoms with Gasteiger partial charge in [0.05, 0.1) is 20.8 Å². The van der Waals surface area contributed by atoms with Crippen LogP contribution in [0.25, 0.3) is 0 Å². The van der Waals surface area contributed by atoms with Crippen LogP contribution in [0, 0.1) is 0 Å². The van der Waals surface area contributed by atoms with E-state index < -0.39 is 0 Å². The highest BCUT2D eigenvalue weighted by atomic mass is 79.9. The number of rotatable bonds is 3. The van der Waals surface area contributed by atoms with Gasteiger partial charge in [0.15, 0.2) is 0 Å². The Morgan fingerprint density at radius 3 is 2.41 bits per heavy atom. The van der Waals surface area contributed by atoms with Crippen LogP contribution in [0.1, 0.15) is 4.88 Å². The number of benzene rings is 1. The molecule has 0 radical (unpaired) electrons. The Labute approximate surface area is 127 Å². The van der Waals surface area contributed by atoms with Crippen molar-refractivity contribution in [1.82, 2.24) is 0 Å². The van der Waals surface area contributed by atoms with Gasteiger partial charge in [0.2, 0.25) is 0 Å². The first-order chi connectivity index (χ1) is 8.06. The summed E-state index contributed by atoms with van der Waals surface area (Å²) in [6.07, 6.45) is 0. The molecule has 0 bridgehead atoms. The average Bonchev–Trinajstić information content (AvgIpc) is 2.68. The summed E-state index contributed by atoms with van der Waals surface area (Å²) in [7, 11) is 0. The molecule has 1 heterocycles. The van der Waals surface area contributed by atoms with Crippen molar-refractivity contribution in [2.75, 3.05) is 5.32 Å². The molecule has 0 fully saturated rings. The molecule has 0 unspecified atom stereocenters. The monoisotopic (exact) mass is 369 g/mol. The topological polar surface area (TPSA) is 12.0 Å². The van der Waals surface area contributed by atoms with Crippen LogP contribution < -0.4 is 5.32 Å². The van der Waals surface area contributed by atoms with Gasteiger partial charge in [-0.05, 0) is 34.1 Å². The molecule has 0 aliphatic rings. The van der Waals surface area contributed by atoms with E-state index in [0.717, 1.165) is 10.2 Å². The zero-order valence-electron chi connectivity index (χ0n) is 8.44. The fourth-order valence-electron chi connectivity index (χ4n) is 1.29. The van der Waals surface area contributed by atoms with Crippen molar-refractivity contribution in [3.05, 3.63) is 48.0 Å². The minimum absolute atomic E-state index is 0.459. The molecule has 0 saturated heterocycles. The van der Waals surface area contributed by atoms with Gasteiger partial charge in [0.25, 0.3) is 0 Å².